The first-order valence-electron chi connectivity index (χ1n) is 5.97. The lowest BCUT2D eigenvalue weighted by molar-refractivity contribution is -0.384. The Morgan fingerprint density at radius 3 is 2.90 bits per heavy atom. The van der Waals surface area contributed by atoms with E-state index in [0.717, 1.165) is 11.8 Å². The van der Waals surface area contributed by atoms with Gasteiger partial charge in [-0.05, 0) is 12.5 Å². The zero-order chi connectivity index (χ0) is 14.9. The molecule has 2 rings (SSSR count). The van der Waals surface area contributed by atoms with Crippen LogP contribution in [-0.4, -0.2) is 32.7 Å². The number of nitrogens with zero attached hydrogens (tertiary/aromatic N) is 3. The molecule has 7 nitrogen and oxygen atoms in total. The maximum atomic E-state index is 12.0. The average molecular weight is 295 g/mol. The Labute approximate surface area is 119 Å². The molecule has 1 fully saturated rings. The van der Waals surface area contributed by atoms with E-state index in [2.05, 4.69) is 4.98 Å². The van der Waals surface area contributed by atoms with Crippen molar-refractivity contribution in [3.05, 3.63) is 27.9 Å². The van der Waals surface area contributed by atoms with Gasteiger partial charge in [-0.3, -0.25) is 24.6 Å². The SMILES string of the molecule is CC(=O)SC1CC(=O)N(c2ncc(C)cc2[N+](=O)[O-])C1. The highest BCUT2D eigenvalue weighted by Gasteiger charge is 2.36. The van der Waals surface area contributed by atoms with Crippen molar-refractivity contribution < 1.29 is 14.5 Å². The number of carbonyl (C=O) groups excluding carboxylic acids is 2. The van der Waals surface area contributed by atoms with Gasteiger partial charge in [-0.2, -0.15) is 0 Å². The summed E-state index contributed by atoms with van der Waals surface area (Å²) in [7, 11) is 0. The van der Waals surface area contributed by atoms with E-state index in [-0.39, 0.29) is 40.7 Å². The van der Waals surface area contributed by atoms with Crippen LogP contribution in [0.1, 0.15) is 18.9 Å². The number of thioether (sulfide) groups is 1. The van der Waals surface area contributed by atoms with Gasteiger partial charge in [0.25, 0.3) is 0 Å². The first kappa shape index (κ1) is 14.4. The Kier molecular flexibility index (Phi) is 4.03. The monoisotopic (exact) mass is 295 g/mol. The van der Waals surface area contributed by atoms with Crippen LogP contribution in [0.25, 0.3) is 0 Å². The van der Waals surface area contributed by atoms with Crippen LogP contribution < -0.4 is 4.90 Å². The Bertz CT molecular complexity index is 590. The van der Waals surface area contributed by atoms with Gasteiger partial charge in [0.05, 0.1) is 4.92 Å². The minimum Gasteiger partial charge on any atom is -0.290 e. The standard InChI is InChI=1S/C12H13N3O4S/c1-7-3-10(15(18)19)12(13-5-7)14-6-9(4-11(14)17)20-8(2)16/h3,5,9H,4,6H2,1-2H3. The summed E-state index contributed by atoms with van der Waals surface area (Å²) in [5, 5.41) is 10.8. The number of rotatable bonds is 3. The Morgan fingerprint density at radius 2 is 2.30 bits per heavy atom. The second-order valence-electron chi connectivity index (χ2n) is 4.55. The molecule has 1 amide bonds. The van der Waals surface area contributed by atoms with Crippen LogP contribution in [0.5, 0.6) is 0 Å². The predicted octanol–water partition coefficient (Wildman–Crippen LogP) is 1.68. The second kappa shape index (κ2) is 5.58. The summed E-state index contributed by atoms with van der Waals surface area (Å²) >= 11 is 1.08. The number of carbonyl (C=O) groups is 2. The number of aromatic nitrogens is 1. The van der Waals surface area contributed by atoms with Gasteiger partial charge in [0.1, 0.15) is 0 Å². The number of pyridine rings is 1. The third-order valence-electron chi connectivity index (χ3n) is 2.86. The maximum Gasteiger partial charge on any atom is 0.312 e. The van der Waals surface area contributed by atoms with Crippen molar-refractivity contribution in [2.45, 2.75) is 25.5 Å². The summed E-state index contributed by atoms with van der Waals surface area (Å²) in [6, 6.07) is 1.39. The van der Waals surface area contributed by atoms with Crippen molar-refractivity contribution in [1.29, 1.82) is 0 Å². The van der Waals surface area contributed by atoms with Gasteiger partial charge < -0.3 is 0 Å². The van der Waals surface area contributed by atoms with Gasteiger partial charge in [0, 0.05) is 37.4 Å². The van der Waals surface area contributed by atoms with Crippen LogP contribution in [0, 0.1) is 17.0 Å². The van der Waals surface area contributed by atoms with Gasteiger partial charge in [-0.15, -0.1) is 0 Å². The molecule has 1 aromatic rings. The van der Waals surface area contributed by atoms with Crippen molar-refractivity contribution in [3.63, 3.8) is 0 Å². The van der Waals surface area contributed by atoms with Crippen LogP contribution in [-0.2, 0) is 9.59 Å². The first-order chi connectivity index (χ1) is 9.38. The topological polar surface area (TPSA) is 93.4 Å². The molecule has 106 valence electrons. The van der Waals surface area contributed by atoms with Crippen LogP contribution in [0.4, 0.5) is 11.5 Å². The van der Waals surface area contributed by atoms with E-state index in [1.165, 1.54) is 24.1 Å². The fraction of sp³-hybridized carbons (Fsp3) is 0.417. The van der Waals surface area contributed by atoms with E-state index in [0.29, 0.717) is 5.56 Å². The van der Waals surface area contributed by atoms with E-state index in [4.69, 9.17) is 0 Å². The van der Waals surface area contributed by atoms with Crippen molar-refractivity contribution >= 4 is 34.3 Å². The van der Waals surface area contributed by atoms with Crippen LogP contribution in [0.15, 0.2) is 12.3 Å². The molecule has 0 spiro atoms. The molecule has 20 heavy (non-hydrogen) atoms. The van der Waals surface area contributed by atoms with E-state index in [1.807, 2.05) is 0 Å². The fourth-order valence-electron chi connectivity index (χ4n) is 2.08. The lowest BCUT2D eigenvalue weighted by Crippen LogP contribution is -2.26. The summed E-state index contributed by atoms with van der Waals surface area (Å²) in [5.74, 6) is -0.194. The third kappa shape index (κ3) is 2.96. The van der Waals surface area contributed by atoms with Gasteiger partial charge >= 0.3 is 5.69 Å². The molecule has 0 bridgehead atoms. The van der Waals surface area contributed by atoms with E-state index in [1.54, 1.807) is 6.92 Å². The van der Waals surface area contributed by atoms with Crippen molar-refractivity contribution in [1.82, 2.24) is 4.98 Å². The van der Waals surface area contributed by atoms with E-state index >= 15 is 0 Å². The normalized spacial score (nSPS) is 18.4. The maximum absolute atomic E-state index is 12.0. The average Bonchev–Trinajstić information content (AvgIpc) is 2.69. The molecule has 0 N–H and O–H groups in total. The number of hydrogen-bond donors (Lipinski definition) is 0. The van der Waals surface area contributed by atoms with Crippen LogP contribution in [0.3, 0.4) is 0 Å². The van der Waals surface area contributed by atoms with Crippen molar-refractivity contribution in [2.75, 3.05) is 11.4 Å². The molecule has 1 aromatic heterocycles. The number of aryl methyl sites for hydroxylation is 1. The van der Waals surface area contributed by atoms with Crippen molar-refractivity contribution in [2.24, 2.45) is 0 Å². The molecule has 0 radical (unpaired) electrons. The largest absolute Gasteiger partial charge is 0.312 e. The number of nitro groups is 1. The molecule has 2 heterocycles. The van der Waals surface area contributed by atoms with Gasteiger partial charge in [0.2, 0.25) is 11.7 Å². The third-order valence-corrected chi connectivity index (χ3v) is 3.84. The molecule has 1 atom stereocenters. The molecule has 0 saturated carbocycles. The van der Waals surface area contributed by atoms with Crippen molar-refractivity contribution in [3.8, 4) is 0 Å². The highest BCUT2D eigenvalue weighted by molar-refractivity contribution is 8.14. The summed E-state index contributed by atoms with van der Waals surface area (Å²) in [4.78, 5) is 38.9. The Morgan fingerprint density at radius 1 is 1.60 bits per heavy atom. The molecule has 0 aliphatic carbocycles. The minimum absolute atomic E-state index is 0.0530. The summed E-state index contributed by atoms with van der Waals surface area (Å²) < 4.78 is 0. The zero-order valence-electron chi connectivity index (χ0n) is 11.0. The molecule has 1 saturated heterocycles. The van der Waals surface area contributed by atoms with Crippen LogP contribution in [0.2, 0.25) is 0 Å². The lowest BCUT2D eigenvalue weighted by Gasteiger charge is -2.15. The molecule has 0 aromatic carbocycles. The lowest BCUT2D eigenvalue weighted by atomic mass is 10.2. The highest BCUT2D eigenvalue weighted by atomic mass is 32.2. The van der Waals surface area contributed by atoms with E-state index in [9.17, 15) is 19.7 Å². The number of amides is 1. The second-order valence-corrected chi connectivity index (χ2v) is 6.03. The first-order valence-corrected chi connectivity index (χ1v) is 6.85. The Hall–Kier alpha value is -1.96. The molecule has 1 aliphatic heterocycles. The van der Waals surface area contributed by atoms with E-state index < -0.39 is 4.92 Å². The molecule has 8 heteroatoms. The van der Waals surface area contributed by atoms with Crippen LogP contribution >= 0.6 is 11.8 Å². The molecule has 1 unspecified atom stereocenters. The van der Waals surface area contributed by atoms with Gasteiger partial charge in [0.15, 0.2) is 5.12 Å². The van der Waals surface area contributed by atoms with Gasteiger partial charge in [-0.25, -0.2) is 4.98 Å². The quantitative estimate of drug-likeness (QED) is 0.622. The molecule has 1 aliphatic rings. The van der Waals surface area contributed by atoms with Gasteiger partial charge in [-0.1, -0.05) is 11.8 Å². The summed E-state index contributed by atoms with van der Waals surface area (Å²) in [6.07, 6.45) is 1.68. The molecular formula is C12H13N3O4S. The number of anilines is 1. The summed E-state index contributed by atoms with van der Waals surface area (Å²) in [5.41, 5.74) is 0.466. The summed E-state index contributed by atoms with van der Waals surface area (Å²) in [6.45, 7) is 3.40. The fourth-order valence-corrected chi connectivity index (χ4v) is 3.00. The highest BCUT2D eigenvalue weighted by Crippen LogP contribution is 2.33. The molecular weight excluding hydrogens is 282 g/mol. The number of hydrogen-bond acceptors (Lipinski definition) is 6. The predicted molar refractivity (Wildman–Crippen MR) is 74.7 cm³/mol. The smallest absolute Gasteiger partial charge is 0.290 e. The Balaban J connectivity index is 2.30. The minimum atomic E-state index is -0.548. The zero-order valence-corrected chi connectivity index (χ0v) is 11.8.